The minimum absolute atomic E-state index is 0.274. The highest BCUT2D eigenvalue weighted by Crippen LogP contribution is 2.27. The van der Waals surface area contributed by atoms with E-state index in [1.54, 1.807) is 12.4 Å². The van der Waals surface area contributed by atoms with Crippen molar-refractivity contribution < 1.29 is 4.79 Å². The van der Waals surface area contributed by atoms with E-state index in [-0.39, 0.29) is 5.92 Å². The zero-order valence-electron chi connectivity index (χ0n) is 12.5. The molecule has 0 atom stereocenters. The number of amides is 1. The second-order valence-electron chi connectivity index (χ2n) is 6.08. The fourth-order valence-corrected chi connectivity index (χ4v) is 3.46. The topological polar surface area (TPSA) is 62.5 Å². The van der Waals surface area contributed by atoms with Crippen LogP contribution in [0.25, 0.3) is 0 Å². The molecule has 1 saturated carbocycles. The Balaban J connectivity index is 1.57. The van der Waals surface area contributed by atoms with Gasteiger partial charge in [0.15, 0.2) is 0 Å². The van der Waals surface area contributed by atoms with Crippen molar-refractivity contribution in [3.05, 3.63) is 18.5 Å². The van der Waals surface area contributed by atoms with Crippen molar-refractivity contribution in [1.29, 1.82) is 0 Å². The Labute approximate surface area is 126 Å². The quantitative estimate of drug-likeness (QED) is 0.902. The summed E-state index contributed by atoms with van der Waals surface area (Å²) in [7, 11) is 0. The number of nitrogens with zero attached hydrogens (tertiary/aromatic N) is 3. The molecule has 0 bridgehead atoms. The molecule has 114 valence electrons. The molecule has 2 aliphatic rings. The van der Waals surface area contributed by atoms with Crippen LogP contribution in [0.15, 0.2) is 18.5 Å². The summed E-state index contributed by atoms with van der Waals surface area (Å²) >= 11 is 0. The molecule has 5 nitrogen and oxygen atoms in total. The first kappa shape index (κ1) is 14.2. The summed E-state index contributed by atoms with van der Waals surface area (Å²) in [6.45, 7) is 3.31. The zero-order valence-corrected chi connectivity index (χ0v) is 12.5. The normalized spacial score (nSPS) is 20.6. The third-order valence-corrected chi connectivity index (χ3v) is 4.71. The Bertz CT molecular complexity index is 491. The van der Waals surface area contributed by atoms with E-state index in [0.717, 1.165) is 44.7 Å². The van der Waals surface area contributed by atoms with Gasteiger partial charge in [-0.1, -0.05) is 19.3 Å². The highest BCUT2D eigenvalue weighted by atomic mass is 16.2. The molecule has 2 N–H and O–H groups in total. The summed E-state index contributed by atoms with van der Waals surface area (Å²) in [5, 5.41) is 0. The molecule has 21 heavy (non-hydrogen) atoms. The molecular formula is C16H24N4O. The van der Waals surface area contributed by atoms with Gasteiger partial charge < -0.3 is 15.5 Å². The largest absolute Gasteiger partial charge is 0.396 e. The Morgan fingerprint density at radius 1 is 1.14 bits per heavy atom. The fourth-order valence-electron chi connectivity index (χ4n) is 3.46. The highest BCUT2D eigenvalue weighted by Gasteiger charge is 2.28. The van der Waals surface area contributed by atoms with Crippen molar-refractivity contribution in [2.24, 2.45) is 5.92 Å². The lowest BCUT2D eigenvalue weighted by Crippen LogP contribution is -2.50. The molecule has 0 aromatic carbocycles. The summed E-state index contributed by atoms with van der Waals surface area (Å²) in [6.07, 6.45) is 9.33. The van der Waals surface area contributed by atoms with Crippen LogP contribution in [0, 0.1) is 5.92 Å². The van der Waals surface area contributed by atoms with E-state index >= 15 is 0 Å². The van der Waals surface area contributed by atoms with Gasteiger partial charge in [0.2, 0.25) is 5.91 Å². The van der Waals surface area contributed by atoms with Crippen LogP contribution < -0.4 is 10.6 Å². The van der Waals surface area contributed by atoms with Crippen molar-refractivity contribution in [2.45, 2.75) is 32.1 Å². The van der Waals surface area contributed by atoms with Gasteiger partial charge >= 0.3 is 0 Å². The number of carbonyl (C=O) groups is 1. The highest BCUT2D eigenvalue weighted by molar-refractivity contribution is 5.79. The minimum atomic E-state index is 0.274. The number of hydrogen-bond donors (Lipinski definition) is 1. The van der Waals surface area contributed by atoms with Gasteiger partial charge in [0.25, 0.3) is 0 Å². The molecule has 5 heteroatoms. The van der Waals surface area contributed by atoms with Crippen LogP contribution in [-0.4, -0.2) is 42.0 Å². The van der Waals surface area contributed by atoms with Gasteiger partial charge in [0.05, 0.1) is 17.6 Å². The summed E-state index contributed by atoms with van der Waals surface area (Å²) in [5.41, 5.74) is 7.73. The van der Waals surface area contributed by atoms with E-state index in [1.165, 1.54) is 19.3 Å². The molecule has 2 fully saturated rings. The van der Waals surface area contributed by atoms with E-state index in [1.807, 2.05) is 11.0 Å². The van der Waals surface area contributed by atoms with Crippen molar-refractivity contribution >= 4 is 17.3 Å². The van der Waals surface area contributed by atoms with Crippen molar-refractivity contribution in [1.82, 2.24) is 9.88 Å². The molecule has 3 rings (SSSR count). The number of aromatic nitrogens is 1. The molecule has 2 heterocycles. The minimum Gasteiger partial charge on any atom is -0.396 e. The standard InChI is InChI=1S/C16H24N4O/c17-14-12-18-7-6-15(14)19-8-10-20(11-9-19)16(21)13-4-2-1-3-5-13/h6-7,12-13H,1-5,8-11,17H2. The maximum Gasteiger partial charge on any atom is 0.225 e. The lowest BCUT2D eigenvalue weighted by Gasteiger charge is -2.38. The second kappa shape index (κ2) is 6.33. The van der Waals surface area contributed by atoms with E-state index in [4.69, 9.17) is 5.73 Å². The Morgan fingerprint density at radius 3 is 2.52 bits per heavy atom. The SMILES string of the molecule is Nc1cnccc1N1CCN(C(=O)C2CCCCC2)CC1. The van der Waals surface area contributed by atoms with Crippen molar-refractivity contribution in [3.8, 4) is 0 Å². The van der Waals surface area contributed by atoms with Crippen molar-refractivity contribution in [3.63, 3.8) is 0 Å². The van der Waals surface area contributed by atoms with Gasteiger partial charge in [0, 0.05) is 38.3 Å². The lowest BCUT2D eigenvalue weighted by molar-refractivity contribution is -0.136. The molecule has 0 spiro atoms. The molecule has 1 amide bonds. The monoisotopic (exact) mass is 288 g/mol. The number of piperazine rings is 1. The molecule has 1 aliphatic heterocycles. The number of anilines is 2. The van der Waals surface area contributed by atoms with E-state index < -0.39 is 0 Å². The number of rotatable bonds is 2. The molecule has 0 unspecified atom stereocenters. The van der Waals surface area contributed by atoms with Gasteiger partial charge in [-0.25, -0.2) is 0 Å². The summed E-state index contributed by atoms with van der Waals surface area (Å²) in [4.78, 5) is 20.9. The van der Waals surface area contributed by atoms with Gasteiger partial charge in [-0.3, -0.25) is 9.78 Å². The number of nitrogens with two attached hydrogens (primary N) is 1. The van der Waals surface area contributed by atoms with Gasteiger partial charge in [-0.15, -0.1) is 0 Å². The van der Waals surface area contributed by atoms with Gasteiger partial charge in [0.1, 0.15) is 0 Å². The van der Waals surface area contributed by atoms with Crippen LogP contribution in [-0.2, 0) is 4.79 Å². The molecule has 1 aromatic rings. The predicted octanol–water partition coefficient (Wildman–Crippen LogP) is 1.89. The van der Waals surface area contributed by atoms with E-state index in [2.05, 4.69) is 9.88 Å². The van der Waals surface area contributed by atoms with E-state index in [0.29, 0.717) is 11.6 Å². The third kappa shape index (κ3) is 3.12. The predicted molar refractivity (Wildman–Crippen MR) is 84.0 cm³/mol. The molecule has 1 aromatic heterocycles. The van der Waals surface area contributed by atoms with Crippen LogP contribution in [0.5, 0.6) is 0 Å². The van der Waals surface area contributed by atoms with Crippen LogP contribution in [0.4, 0.5) is 11.4 Å². The summed E-state index contributed by atoms with van der Waals surface area (Å²) < 4.78 is 0. The number of carbonyl (C=O) groups excluding carboxylic acids is 1. The second-order valence-corrected chi connectivity index (χ2v) is 6.08. The summed E-state index contributed by atoms with van der Waals surface area (Å²) in [5.74, 6) is 0.647. The first-order valence-electron chi connectivity index (χ1n) is 7.99. The fraction of sp³-hybridized carbons (Fsp3) is 0.625. The first-order valence-corrected chi connectivity index (χ1v) is 7.99. The number of nitrogen functional groups attached to an aromatic ring is 1. The Hall–Kier alpha value is -1.78. The average molecular weight is 288 g/mol. The lowest BCUT2D eigenvalue weighted by atomic mass is 9.88. The van der Waals surface area contributed by atoms with Gasteiger partial charge in [-0.05, 0) is 18.9 Å². The molecule has 0 radical (unpaired) electrons. The first-order chi connectivity index (χ1) is 10.3. The van der Waals surface area contributed by atoms with Crippen LogP contribution in [0.1, 0.15) is 32.1 Å². The van der Waals surface area contributed by atoms with Crippen LogP contribution in [0.2, 0.25) is 0 Å². The Morgan fingerprint density at radius 2 is 1.86 bits per heavy atom. The van der Waals surface area contributed by atoms with Crippen LogP contribution in [0.3, 0.4) is 0 Å². The smallest absolute Gasteiger partial charge is 0.225 e. The average Bonchev–Trinajstić information content (AvgIpc) is 2.56. The summed E-state index contributed by atoms with van der Waals surface area (Å²) in [6, 6.07) is 1.95. The molecular weight excluding hydrogens is 264 g/mol. The maximum absolute atomic E-state index is 12.5. The third-order valence-electron chi connectivity index (χ3n) is 4.71. The molecule has 1 saturated heterocycles. The zero-order chi connectivity index (χ0) is 14.7. The van der Waals surface area contributed by atoms with E-state index in [9.17, 15) is 4.79 Å². The van der Waals surface area contributed by atoms with Crippen LogP contribution >= 0.6 is 0 Å². The maximum atomic E-state index is 12.5. The molecule has 1 aliphatic carbocycles. The van der Waals surface area contributed by atoms with Gasteiger partial charge in [-0.2, -0.15) is 0 Å². The number of pyridine rings is 1. The van der Waals surface area contributed by atoms with Crippen molar-refractivity contribution in [2.75, 3.05) is 36.8 Å². The number of hydrogen-bond acceptors (Lipinski definition) is 4. The Kier molecular flexibility index (Phi) is 4.27.